The Morgan fingerprint density at radius 1 is 1.13 bits per heavy atom. The van der Waals surface area contributed by atoms with Crippen molar-refractivity contribution in [3.63, 3.8) is 0 Å². The molecule has 0 bridgehead atoms. The van der Waals surface area contributed by atoms with E-state index in [9.17, 15) is 4.79 Å². The van der Waals surface area contributed by atoms with Crippen LogP contribution in [0.2, 0.25) is 0 Å². The lowest BCUT2D eigenvalue weighted by Gasteiger charge is -2.24. The van der Waals surface area contributed by atoms with Crippen molar-refractivity contribution in [2.75, 3.05) is 7.05 Å². The van der Waals surface area contributed by atoms with E-state index >= 15 is 0 Å². The van der Waals surface area contributed by atoms with Gasteiger partial charge in [-0.1, -0.05) is 64.8 Å². The number of hydrogen-bond acceptors (Lipinski definition) is 3. The molecule has 1 aromatic rings. The molecule has 0 aliphatic heterocycles. The number of aryl methyl sites for hydroxylation is 1. The molecule has 0 fully saturated rings. The average Bonchev–Trinajstić information content (AvgIpc) is 2.77. The number of ketones is 1. The summed E-state index contributed by atoms with van der Waals surface area (Å²) >= 11 is 0. The SMILES string of the molecule is C/C=C(\C)C(C)=O.C=CC.CCC(C)C(CC)CC(C)NC.CCc1cccc(O)c1. The molecule has 3 heteroatoms. The number of allylic oxidation sites excluding steroid dienone is 3. The molecule has 1 rings (SSSR count). The molecule has 0 amide bonds. The van der Waals surface area contributed by atoms with Gasteiger partial charge in [-0.15, -0.1) is 6.58 Å². The van der Waals surface area contributed by atoms with E-state index in [1.54, 1.807) is 25.1 Å². The van der Waals surface area contributed by atoms with Crippen molar-refractivity contribution < 1.29 is 9.90 Å². The van der Waals surface area contributed by atoms with Crippen LogP contribution in [0.15, 0.2) is 48.6 Å². The molecule has 180 valence electrons. The summed E-state index contributed by atoms with van der Waals surface area (Å²) in [6.07, 6.45) is 8.49. The molecule has 0 saturated heterocycles. The Kier molecular flexibility index (Phi) is 24.8. The number of benzene rings is 1. The molecule has 0 aliphatic carbocycles. The van der Waals surface area contributed by atoms with Gasteiger partial charge in [0, 0.05) is 6.04 Å². The quantitative estimate of drug-likeness (QED) is 0.325. The van der Waals surface area contributed by atoms with Crippen LogP contribution in [-0.4, -0.2) is 24.0 Å². The van der Waals surface area contributed by atoms with Crippen LogP contribution in [0, 0.1) is 11.8 Å². The fourth-order valence-electron chi connectivity index (χ4n) is 2.69. The van der Waals surface area contributed by atoms with Crippen molar-refractivity contribution >= 4 is 5.78 Å². The number of aromatic hydroxyl groups is 1. The molecule has 2 N–H and O–H groups in total. The van der Waals surface area contributed by atoms with E-state index in [0.29, 0.717) is 11.8 Å². The molecular weight excluding hydrogens is 382 g/mol. The molecule has 1 aromatic carbocycles. The zero-order chi connectivity index (χ0) is 24.8. The van der Waals surface area contributed by atoms with E-state index < -0.39 is 0 Å². The van der Waals surface area contributed by atoms with Gasteiger partial charge in [-0.2, -0.15) is 0 Å². The van der Waals surface area contributed by atoms with E-state index in [2.05, 4.69) is 46.5 Å². The number of phenols is 1. The van der Waals surface area contributed by atoms with Crippen LogP contribution in [0.1, 0.15) is 87.1 Å². The Morgan fingerprint density at radius 3 is 1.94 bits per heavy atom. The molecule has 31 heavy (non-hydrogen) atoms. The molecule has 3 atom stereocenters. The first-order valence-corrected chi connectivity index (χ1v) is 11.7. The number of carbonyl (C=O) groups is 1. The van der Waals surface area contributed by atoms with Crippen molar-refractivity contribution in [2.45, 2.75) is 94.0 Å². The van der Waals surface area contributed by atoms with Gasteiger partial charge in [0.2, 0.25) is 0 Å². The summed E-state index contributed by atoms with van der Waals surface area (Å²) in [7, 11) is 2.05. The summed E-state index contributed by atoms with van der Waals surface area (Å²) < 4.78 is 0. The summed E-state index contributed by atoms with van der Waals surface area (Å²) in [5.41, 5.74) is 2.01. The minimum atomic E-state index is 0.155. The maximum atomic E-state index is 10.3. The molecule has 0 heterocycles. The number of Topliss-reactive ketones (excluding diaryl/α,β-unsaturated/α-hetero) is 1. The second-order valence-corrected chi connectivity index (χ2v) is 7.94. The van der Waals surface area contributed by atoms with Gasteiger partial charge in [-0.25, -0.2) is 0 Å². The molecular formula is C28H51NO2. The lowest BCUT2D eigenvalue weighted by molar-refractivity contribution is -0.113. The Morgan fingerprint density at radius 2 is 1.68 bits per heavy atom. The van der Waals surface area contributed by atoms with Gasteiger partial charge in [0.05, 0.1) is 0 Å². The van der Waals surface area contributed by atoms with Gasteiger partial charge < -0.3 is 10.4 Å². The van der Waals surface area contributed by atoms with Gasteiger partial charge in [-0.3, -0.25) is 4.79 Å². The monoisotopic (exact) mass is 433 g/mol. The lowest BCUT2D eigenvalue weighted by Crippen LogP contribution is -2.26. The fourth-order valence-corrected chi connectivity index (χ4v) is 2.69. The summed E-state index contributed by atoms with van der Waals surface area (Å²) in [5.74, 6) is 2.29. The molecule has 0 spiro atoms. The Labute approximate surface area is 194 Å². The third kappa shape index (κ3) is 21.2. The van der Waals surface area contributed by atoms with Crippen molar-refractivity contribution in [3.8, 4) is 5.75 Å². The molecule has 0 saturated carbocycles. The zero-order valence-corrected chi connectivity index (χ0v) is 22.1. The highest BCUT2D eigenvalue weighted by atomic mass is 16.3. The summed E-state index contributed by atoms with van der Waals surface area (Å²) in [6, 6.07) is 7.98. The van der Waals surface area contributed by atoms with Gasteiger partial charge >= 0.3 is 0 Å². The second-order valence-electron chi connectivity index (χ2n) is 7.94. The lowest BCUT2D eigenvalue weighted by atomic mass is 9.85. The normalized spacial score (nSPS) is 13.0. The van der Waals surface area contributed by atoms with Crippen molar-refractivity contribution in [1.82, 2.24) is 5.32 Å². The molecule has 0 aliphatic rings. The Hall–Kier alpha value is -1.87. The van der Waals surface area contributed by atoms with Gasteiger partial charge in [0.1, 0.15) is 5.75 Å². The highest BCUT2D eigenvalue weighted by Crippen LogP contribution is 2.23. The highest BCUT2D eigenvalue weighted by Gasteiger charge is 2.15. The Balaban J connectivity index is -0.000000367. The molecule has 0 aromatic heterocycles. The van der Waals surface area contributed by atoms with Crippen LogP contribution in [0.25, 0.3) is 0 Å². The van der Waals surface area contributed by atoms with Crippen LogP contribution in [0.3, 0.4) is 0 Å². The van der Waals surface area contributed by atoms with E-state index in [0.717, 1.165) is 23.8 Å². The summed E-state index contributed by atoms with van der Waals surface area (Å²) in [6.45, 7) is 21.8. The number of nitrogens with one attached hydrogen (secondary N) is 1. The second kappa shape index (κ2) is 22.8. The number of phenolic OH excluding ortho intramolecular Hbond substituents is 1. The van der Waals surface area contributed by atoms with Crippen molar-refractivity contribution in [2.24, 2.45) is 11.8 Å². The standard InChI is InChI=1S/C11H25N.C8H10O.C6H10O.C3H6/c1-6-9(3)11(7-2)8-10(4)12-5;1-2-7-4-3-5-8(9)6-7;1-4-5(2)6(3)7;1-3-2/h9-12H,6-8H2,1-5H3;3-6,9H,2H2,1H3;4H,1-3H3;3H,1H2,2H3/b;;5-4+;. The predicted molar refractivity (Wildman–Crippen MR) is 140 cm³/mol. The minimum Gasteiger partial charge on any atom is -0.508 e. The number of hydrogen-bond donors (Lipinski definition) is 2. The third-order valence-electron chi connectivity index (χ3n) is 5.43. The summed E-state index contributed by atoms with van der Waals surface area (Å²) in [4.78, 5) is 10.3. The first-order chi connectivity index (χ1) is 14.6. The maximum absolute atomic E-state index is 10.3. The van der Waals surface area contributed by atoms with Crippen LogP contribution in [-0.2, 0) is 11.2 Å². The van der Waals surface area contributed by atoms with E-state index in [1.807, 2.05) is 46.0 Å². The van der Waals surface area contributed by atoms with E-state index in [4.69, 9.17) is 5.11 Å². The molecule has 0 radical (unpaired) electrons. The van der Waals surface area contributed by atoms with Gasteiger partial charge in [0.25, 0.3) is 0 Å². The average molecular weight is 434 g/mol. The van der Waals surface area contributed by atoms with Crippen LogP contribution >= 0.6 is 0 Å². The highest BCUT2D eigenvalue weighted by molar-refractivity contribution is 5.92. The zero-order valence-electron chi connectivity index (χ0n) is 22.1. The fraction of sp³-hybridized carbons (Fsp3) is 0.607. The smallest absolute Gasteiger partial charge is 0.155 e. The first-order valence-electron chi connectivity index (χ1n) is 11.7. The van der Waals surface area contributed by atoms with Crippen LogP contribution in [0.5, 0.6) is 5.75 Å². The third-order valence-corrected chi connectivity index (χ3v) is 5.43. The maximum Gasteiger partial charge on any atom is 0.155 e. The Bertz CT molecular complexity index is 592. The van der Waals surface area contributed by atoms with E-state index in [-0.39, 0.29) is 5.78 Å². The number of rotatable bonds is 8. The predicted octanol–water partition coefficient (Wildman–Crippen LogP) is 7.75. The van der Waals surface area contributed by atoms with Crippen LogP contribution < -0.4 is 5.32 Å². The molecule has 3 nitrogen and oxygen atoms in total. The molecule has 3 unspecified atom stereocenters. The minimum absolute atomic E-state index is 0.155. The van der Waals surface area contributed by atoms with Gasteiger partial charge in [0.15, 0.2) is 5.78 Å². The number of carbonyl (C=O) groups excluding carboxylic acids is 1. The van der Waals surface area contributed by atoms with Crippen molar-refractivity contribution in [3.05, 3.63) is 54.1 Å². The van der Waals surface area contributed by atoms with Crippen molar-refractivity contribution in [1.29, 1.82) is 0 Å². The largest absolute Gasteiger partial charge is 0.508 e. The van der Waals surface area contributed by atoms with Crippen LogP contribution in [0.4, 0.5) is 0 Å². The topological polar surface area (TPSA) is 49.3 Å². The van der Waals surface area contributed by atoms with Gasteiger partial charge in [-0.05, 0) is 89.6 Å². The van der Waals surface area contributed by atoms with E-state index in [1.165, 1.54) is 24.8 Å². The summed E-state index contributed by atoms with van der Waals surface area (Å²) in [5, 5.41) is 12.3. The first kappa shape index (κ1) is 33.8.